The molecule has 2 N–H and O–H groups in total. The Hall–Kier alpha value is -3.44. The highest BCUT2D eigenvalue weighted by Gasteiger charge is 2.25. The second kappa shape index (κ2) is 12.6. The molecule has 2 heterocycles. The Balaban J connectivity index is 1.47. The van der Waals surface area contributed by atoms with Crippen molar-refractivity contribution in [3.8, 4) is 0 Å². The van der Waals surface area contributed by atoms with E-state index < -0.39 is 10.8 Å². The maximum absolute atomic E-state index is 13.3. The van der Waals surface area contributed by atoms with E-state index in [1.807, 2.05) is 24.8 Å². The van der Waals surface area contributed by atoms with E-state index >= 15 is 0 Å². The van der Waals surface area contributed by atoms with Gasteiger partial charge in [0.15, 0.2) is 5.11 Å². The normalized spacial score (nSPS) is 15.4. The Morgan fingerprint density at radius 1 is 1.00 bits per heavy atom. The zero-order valence-electron chi connectivity index (χ0n) is 22.1. The molecule has 10 nitrogen and oxygen atoms in total. The second-order valence-electron chi connectivity index (χ2n) is 10.2. The van der Waals surface area contributed by atoms with Gasteiger partial charge in [0.1, 0.15) is 0 Å². The lowest BCUT2D eigenvalue weighted by Crippen LogP contribution is -2.49. The average molecular weight is 573 g/mol. The van der Waals surface area contributed by atoms with Crippen LogP contribution in [0.5, 0.6) is 0 Å². The number of rotatable bonds is 7. The highest BCUT2D eigenvalue weighted by molar-refractivity contribution is 7.80. The van der Waals surface area contributed by atoms with Crippen molar-refractivity contribution in [2.45, 2.75) is 33.1 Å². The third kappa shape index (κ3) is 7.15. The van der Waals surface area contributed by atoms with Gasteiger partial charge in [0.2, 0.25) is 5.91 Å². The number of carbonyl (C=O) groups is 2. The van der Waals surface area contributed by atoms with Crippen LogP contribution in [0, 0.1) is 16.0 Å². The lowest BCUT2D eigenvalue weighted by molar-refractivity contribution is -0.384. The van der Waals surface area contributed by atoms with Gasteiger partial charge in [-0.1, -0.05) is 25.4 Å². The summed E-state index contributed by atoms with van der Waals surface area (Å²) in [6.45, 7) is 8.15. The summed E-state index contributed by atoms with van der Waals surface area (Å²) in [7, 11) is 0. The second-order valence-corrected chi connectivity index (χ2v) is 11.0. The summed E-state index contributed by atoms with van der Waals surface area (Å²) in [4.78, 5) is 42.7. The molecule has 39 heavy (non-hydrogen) atoms. The number of hydrogen-bond donors (Lipinski definition) is 2. The highest BCUT2D eigenvalue weighted by Crippen LogP contribution is 2.31. The summed E-state index contributed by atoms with van der Waals surface area (Å²) in [5, 5.41) is 17.7. The average Bonchev–Trinajstić information content (AvgIpc) is 3.43. The van der Waals surface area contributed by atoms with Crippen LogP contribution in [0.1, 0.15) is 43.5 Å². The molecule has 0 bridgehead atoms. The number of nitrogens with zero attached hydrogens (tertiary/aromatic N) is 4. The fraction of sp³-hybridized carbons (Fsp3) is 0.444. The molecule has 208 valence electrons. The molecule has 0 atom stereocenters. The van der Waals surface area contributed by atoms with Crippen LogP contribution < -0.4 is 20.4 Å². The van der Waals surface area contributed by atoms with Gasteiger partial charge in [-0.3, -0.25) is 25.0 Å². The first-order valence-electron chi connectivity index (χ1n) is 13.1. The summed E-state index contributed by atoms with van der Waals surface area (Å²) < 4.78 is 0. The Kier molecular flexibility index (Phi) is 9.24. The maximum Gasteiger partial charge on any atom is 0.270 e. The number of thiocarbonyl (C=S) groups is 1. The number of carbonyl (C=O) groups excluding carboxylic acids is 2. The van der Waals surface area contributed by atoms with E-state index in [2.05, 4.69) is 20.4 Å². The van der Waals surface area contributed by atoms with Crippen LogP contribution in [0.2, 0.25) is 5.02 Å². The first-order valence-corrected chi connectivity index (χ1v) is 13.9. The van der Waals surface area contributed by atoms with Crippen molar-refractivity contribution in [2.75, 3.05) is 54.4 Å². The van der Waals surface area contributed by atoms with Gasteiger partial charge in [0.25, 0.3) is 11.6 Å². The van der Waals surface area contributed by atoms with Crippen molar-refractivity contribution in [3.63, 3.8) is 0 Å². The van der Waals surface area contributed by atoms with E-state index in [1.54, 1.807) is 18.2 Å². The van der Waals surface area contributed by atoms with Crippen molar-refractivity contribution < 1.29 is 14.5 Å². The fourth-order valence-electron chi connectivity index (χ4n) is 4.94. The number of nitrogens with one attached hydrogen (secondary N) is 2. The molecule has 4 rings (SSSR count). The van der Waals surface area contributed by atoms with Crippen molar-refractivity contribution in [1.82, 2.24) is 10.2 Å². The van der Waals surface area contributed by atoms with Crippen LogP contribution in [0.15, 0.2) is 36.4 Å². The molecule has 2 saturated heterocycles. The predicted octanol–water partition coefficient (Wildman–Crippen LogP) is 4.67. The van der Waals surface area contributed by atoms with Crippen molar-refractivity contribution in [3.05, 3.63) is 57.1 Å². The minimum atomic E-state index is -0.529. The molecular formula is C27H33ClN6O4S. The molecule has 2 aromatic rings. The smallest absolute Gasteiger partial charge is 0.270 e. The Labute approximate surface area is 238 Å². The number of nitro groups is 1. The van der Waals surface area contributed by atoms with Crippen LogP contribution >= 0.6 is 23.8 Å². The van der Waals surface area contributed by atoms with Crippen LogP contribution in [0.25, 0.3) is 0 Å². The Morgan fingerprint density at radius 2 is 1.64 bits per heavy atom. The van der Waals surface area contributed by atoms with Gasteiger partial charge in [-0.15, -0.1) is 0 Å². The van der Waals surface area contributed by atoms with Crippen molar-refractivity contribution in [1.29, 1.82) is 0 Å². The topological polar surface area (TPSA) is 111 Å². The van der Waals surface area contributed by atoms with Crippen LogP contribution in [0.3, 0.4) is 0 Å². The third-order valence-corrected chi connectivity index (χ3v) is 7.31. The fourth-order valence-corrected chi connectivity index (χ4v) is 5.31. The van der Waals surface area contributed by atoms with E-state index in [1.165, 1.54) is 12.1 Å². The quantitative estimate of drug-likeness (QED) is 0.280. The molecule has 2 aliphatic rings. The molecule has 0 aromatic heterocycles. The largest absolute Gasteiger partial charge is 0.371 e. The molecule has 2 aromatic carbocycles. The van der Waals surface area contributed by atoms with Gasteiger partial charge < -0.3 is 20.0 Å². The molecule has 12 heteroatoms. The molecule has 0 radical (unpaired) electrons. The van der Waals surface area contributed by atoms with E-state index in [4.69, 9.17) is 23.8 Å². The number of halogens is 1. The summed E-state index contributed by atoms with van der Waals surface area (Å²) in [5.41, 5.74) is 2.15. The number of anilines is 3. The third-order valence-electron chi connectivity index (χ3n) is 6.87. The molecular weight excluding hydrogens is 540 g/mol. The molecule has 2 amide bonds. The SMILES string of the molecule is CC(C)CC(=O)N1CCN(c2ccc(Cl)cc2NC(=S)NC(=O)c2cc([N+](=O)[O-])ccc2N2CCCC2)CC1. The van der Waals surface area contributed by atoms with Crippen LogP contribution in [-0.4, -0.2) is 66.0 Å². The highest BCUT2D eigenvalue weighted by atomic mass is 35.5. The number of benzene rings is 2. The first-order chi connectivity index (χ1) is 18.6. The van der Waals surface area contributed by atoms with Gasteiger partial charge in [0, 0.05) is 62.8 Å². The monoisotopic (exact) mass is 572 g/mol. The van der Waals surface area contributed by atoms with E-state index in [0.717, 1.165) is 31.6 Å². The minimum absolute atomic E-state index is 0.0492. The van der Waals surface area contributed by atoms with Gasteiger partial charge >= 0.3 is 0 Å². The molecule has 0 saturated carbocycles. The number of amides is 2. The van der Waals surface area contributed by atoms with Gasteiger partial charge in [-0.25, -0.2) is 0 Å². The predicted molar refractivity (Wildman–Crippen MR) is 158 cm³/mol. The Bertz CT molecular complexity index is 1260. The number of non-ortho nitro benzene ring substituents is 1. The van der Waals surface area contributed by atoms with Crippen LogP contribution in [0.4, 0.5) is 22.7 Å². The maximum atomic E-state index is 13.3. The summed E-state index contributed by atoms with van der Waals surface area (Å²) in [6, 6.07) is 9.72. The number of nitro benzene ring substituents is 1. The zero-order valence-corrected chi connectivity index (χ0v) is 23.7. The standard InChI is InChI=1S/C27H33ClN6O4S/c1-18(2)15-25(35)33-13-11-32(12-14-33)24-7-5-19(28)16-22(24)29-27(39)30-26(36)21-17-20(34(37)38)6-8-23(21)31-9-3-4-10-31/h5-8,16-18H,3-4,9-15H2,1-2H3,(H2,29,30,36,39). The van der Waals surface area contributed by atoms with E-state index in [9.17, 15) is 19.7 Å². The summed E-state index contributed by atoms with van der Waals surface area (Å²) in [6.07, 6.45) is 2.52. The molecule has 0 unspecified atom stereocenters. The number of piperazine rings is 1. The van der Waals surface area contributed by atoms with Crippen molar-refractivity contribution in [2.24, 2.45) is 5.92 Å². The number of hydrogen-bond acceptors (Lipinski definition) is 7. The van der Waals surface area contributed by atoms with Gasteiger partial charge in [0.05, 0.1) is 27.5 Å². The Morgan fingerprint density at radius 3 is 2.28 bits per heavy atom. The van der Waals surface area contributed by atoms with E-state index in [-0.39, 0.29) is 22.3 Å². The lowest BCUT2D eigenvalue weighted by Gasteiger charge is -2.37. The minimum Gasteiger partial charge on any atom is -0.371 e. The van der Waals surface area contributed by atoms with E-state index in [0.29, 0.717) is 54.9 Å². The molecule has 0 spiro atoms. The first kappa shape index (κ1) is 28.6. The van der Waals surface area contributed by atoms with Gasteiger partial charge in [-0.2, -0.15) is 0 Å². The van der Waals surface area contributed by atoms with Crippen LogP contribution in [-0.2, 0) is 4.79 Å². The molecule has 2 aliphatic heterocycles. The van der Waals surface area contributed by atoms with Gasteiger partial charge in [-0.05, 0) is 55.2 Å². The molecule has 0 aliphatic carbocycles. The molecule has 2 fully saturated rings. The summed E-state index contributed by atoms with van der Waals surface area (Å²) >= 11 is 11.8. The lowest BCUT2D eigenvalue weighted by atomic mass is 10.1. The zero-order chi connectivity index (χ0) is 28.1. The summed E-state index contributed by atoms with van der Waals surface area (Å²) in [5.74, 6) is -0.0522. The van der Waals surface area contributed by atoms with Crippen molar-refractivity contribution >= 4 is 63.5 Å².